The van der Waals surface area contributed by atoms with Gasteiger partial charge in [0.05, 0.1) is 5.25 Å². The van der Waals surface area contributed by atoms with Crippen molar-refractivity contribution >= 4 is 23.6 Å². The standard InChI is InChI=1S/C8H14N2O3S/c1-10-3-2-6(7(10)11)14-4-5(9)8(12)13/h5-6H,2-4,9H2,1H3,(H,12,13)/t5-,6?/m0/s1. The highest BCUT2D eigenvalue weighted by molar-refractivity contribution is 8.00. The number of amides is 1. The molecule has 14 heavy (non-hydrogen) atoms. The minimum Gasteiger partial charge on any atom is -0.480 e. The van der Waals surface area contributed by atoms with E-state index in [0.29, 0.717) is 5.75 Å². The van der Waals surface area contributed by atoms with Crippen LogP contribution in [0.25, 0.3) is 0 Å². The fraction of sp³-hybridized carbons (Fsp3) is 0.750. The van der Waals surface area contributed by atoms with Crippen LogP contribution in [0.2, 0.25) is 0 Å². The van der Waals surface area contributed by atoms with Crippen LogP contribution >= 0.6 is 11.8 Å². The van der Waals surface area contributed by atoms with Gasteiger partial charge in [-0.15, -0.1) is 11.8 Å². The smallest absolute Gasteiger partial charge is 0.321 e. The molecular formula is C8H14N2O3S. The molecule has 0 spiro atoms. The van der Waals surface area contributed by atoms with Crippen LogP contribution in [-0.2, 0) is 9.59 Å². The third-order valence-electron chi connectivity index (χ3n) is 2.17. The van der Waals surface area contributed by atoms with Gasteiger partial charge in [-0.2, -0.15) is 0 Å². The number of aliphatic carboxylic acids is 1. The van der Waals surface area contributed by atoms with Gasteiger partial charge in [-0.05, 0) is 6.42 Å². The highest BCUT2D eigenvalue weighted by Crippen LogP contribution is 2.23. The Morgan fingerprint density at radius 3 is 2.93 bits per heavy atom. The van der Waals surface area contributed by atoms with E-state index in [4.69, 9.17) is 10.8 Å². The zero-order valence-corrected chi connectivity index (χ0v) is 8.79. The minimum absolute atomic E-state index is 0.0765. The molecular weight excluding hydrogens is 204 g/mol. The van der Waals surface area contributed by atoms with Crippen LogP contribution < -0.4 is 5.73 Å². The second-order valence-corrected chi connectivity index (χ2v) is 4.55. The summed E-state index contributed by atoms with van der Waals surface area (Å²) in [6, 6.07) is -0.876. The molecule has 0 aliphatic carbocycles. The molecule has 1 rings (SSSR count). The van der Waals surface area contributed by atoms with E-state index in [-0.39, 0.29) is 11.2 Å². The van der Waals surface area contributed by atoms with Gasteiger partial charge < -0.3 is 15.7 Å². The van der Waals surface area contributed by atoms with Crippen molar-refractivity contribution in [1.29, 1.82) is 0 Å². The van der Waals surface area contributed by atoms with Crippen molar-refractivity contribution in [2.75, 3.05) is 19.3 Å². The molecule has 0 aromatic heterocycles. The summed E-state index contributed by atoms with van der Waals surface area (Å²) in [5.74, 6) is -0.650. The number of likely N-dealkylation sites (tertiary alicyclic amines) is 1. The fourth-order valence-corrected chi connectivity index (χ4v) is 2.41. The topological polar surface area (TPSA) is 83.6 Å². The summed E-state index contributed by atoms with van der Waals surface area (Å²) < 4.78 is 0. The Bertz CT molecular complexity index is 247. The summed E-state index contributed by atoms with van der Waals surface area (Å²) in [5.41, 5.74) is 5.33. The van der Waals surface area contributed by atoms with Gasteiger partial charge >= 0.3 is 5.97 Å². The van der Waals surface area contributed by atoms with E-state index < -0.39 is 12.0 Å². The molecule has 3 N–H and O–H groups in total. The summed E-state index contributed by atoms with van der Waals surface area (Å²) in [5, 5.41) is 8.43. The van der Waals surface area contributed by atoms with E-state index in [2.05, 4.69) is 0 Å². The first-order chi connectivity index (χ1) is 6.52. The van der Waals surface area contributed by atoms with Crippen molar-refractivity contribution in [1.82, 2.24) is 4.90 Å². The number of hydrogen-bond acceptors (Lipinski definition) is 4. The molecule has 1 heterocycles. The Kier molecular flexibility index (Phi) is 3.77. The predicted molar refractivity (Wildman–Crippen MR) is 54.1 cm³/mol. The maximum Gasteiger partial charge on any atom is 0.321 e. The zero-order valence-electron chi connectivity index (χ0n) is 7.97. The molecule has 0 radical (unpaired) electrons. The summed E-state index contributed by atoms with van der Waals surface area (Å²) in [6.07, 6.45) is 0.784. The molecule has 80 valence electrons. The Labute approximate surface area is 86.6 Å². The molecule has 1 aliphatic heterocycles. The van der Waals surface area contributed by atoms with Crippen LogP contribution in [0.4, 0.5) is 0 Å². The second-order valence-electron chi connectivity index (χ2n) is 3.32. The second kappa shape index (κ2) is 4.65. The largest absolute Gasteiger partial charge is 0.480 e. The van der Waals surface area contributed by atoms with Crippen LogP contribution in [-0.4, -0.2) is 52.5 Å². The lowest BCUT2D eigenvalue weighted by atomic mass is 10.4. The van der Waals surface area contributed by atoms with Crippen molar-refractivity contribution < 1.29 is 14.7 Å². The Morgan fingerprint density at radius 2 is 2.50 bits per heavy atom. The Hall–Kier alpha value is -0.750. The lowest BCUT2D eigenvalue weighted by Gasteiger charge is -2.11. The first-order valence-corrected chi connectivity index (χ1v) is 5.42. The van der Waals surface area contributed by atoms with Gasteiger partial charge in [0.15, 0.2) is 0 Å². The van der Waals surface area contributed by atoms with Crippen molar-refractivity contribution in [3.63, 3.8) is 0 Å². The van der Waals surface area contributed by atoms with Crippen molar-refractivity contribution in [2.45, 2.75) is 17.7 Å². The summed E-state index contributed by atoms with van der Waals surface area (Å²) >= 11 is 1.34. The molecule has 1 aliphatic rings. The van der Waals surface area contributed by atoms with Gasteiger partial charge in [-0.3, -0.25) is 9.59 Å². The number of carboxylic acids is 1. The van der Waals surface area contributed by atoms with E-state index in [0.717, 1.165) is 13.0 Å². The van der Waals surface area contributed by atoms with Gasteiger partial charge in [0.1, 0.15) is 6.04 Å². The molecule has 0 saturated carbocycles. The average molecular weight is 218 g/mol. The monoisotopic (exact) mass is 218 g/mol. The van der Waals surface area contributed by atoms with Gasteiger partial charge in [0.2, 0.25) is 5.91 Å². The molecule has 1 saturated heterocycles. The first-order valence-electron chi connectivity index (χ1n) is 4.37. The number of nitrogens with two attached hydrogens (primary N) is 1. The number of nitrogens with zero attached hydrogens (tertiary/aromatic N) is 1. The van der Waals surface area contributed by atoms with E-state index in [9.17, 15) is 9.59 Å². The summed E-state index contributed by atoms with van der Waals surface area (Å²) in [4.78, 5) is 23.5. The number of carbonyl (C=O) groups is 2. The minimum atomic E-state index is -1.02. The predicted octanol–water partition coefficient (Wildman–Crippen LogP) is -0.638. The van der Waals surface area contributed by atoms with Gasteiger partial charge in [-0.1, -0.05) is 0 Å². The van der Waals surface area contributed by atoms with Crippen LogP contribution in [0.1, 0.15) is 6.42 Å². The number of hydrogen-bond donors (Lipinski definition) is 2. The number of carbonyl (C=O) groups excluding carboxylic acids is 1. The molecule has 6 heteroatoms. The van der Waals surface area contributed by atoms with Gasteiger partial charge in [0, 0.05) is 19.3 Å². The molecule has 0 aromatic rings. The van der Waals surface area contributed by atoms with E-state index in [1.54, 1.807) is 11.9 Å². The van der Waals surface area contributed by atoms with E-state index >= 15 is 0 Å². The molecule has 1 unspecified atom stereocenters. The molecule has 2 atom stereocenters. The molecule has 5 nitrogen and oxygen atoms in total. The van der Waals surface area contributed by atoms with E-state index in [1.807, 2.05) is 0 Å². The van der Waals surface area contributed by atoms with Crippen LogP contribution in [0.3, 0.4) is 0 Å². The summed E-state index contributed by atoms with van der Waals surface area (Å²) in [7, 11) is 1.75. The van der Waals surface area contributed by atoms with Crippen LogP contribution in [0, 0.1) is 0 Å². The van der Waals surface area contributed by atoms with Crippen LogP contribution in [0.15, 0.2) is 0 Å². The maximum atomic E-state index is 11.4. The quantitative estimate of drug-likeness (QED) is 0.656. The fourth-order valence-electron chi connectivity index (χ4n) is 1.24. The highest BCUT2D eigenvalue weighted by Gasteiger charge is 2.30. The van der Waals surface area contributed by atoms with E-state index in [1.165, 1.54) is 11.8 Å². The maximum absolute atomic E-state index is 11.4. The number of carboxylic acid groups (broad SMARTS) is 1. The summed E-state index contributed by atoms with van der Waals surface area (Å²) in [6.45, 7) is 0.749. The average Bonchev–Trinajstić information content (AvgIpc) is 2.44. The van der Waals surface area contributed by atoms with Crippen molar-refractivity contribution in [3.05, 3.63) is 0 Å². The van der Waals surface area contributed by atoms with Crippen LogP contribution in [0.5, 0.6) is 0 Å². The van der Waals surface area contributed by atoms with Crippen molar-refractivity contribution in [2.24, 2.45) is 5.73 Å². The molecule has 0 aromatic carbocycles. The number of rotatable bonds is 4. The lowest BCUT2D eigenvalue weighted by molar-refractivity contribution is -0.138. The SMILES string of the molecule is CN1CCC(SC[C@H](N)C(=O)O)C1=O. The third kappa shape index (κ3) is 2.62. The Balaban J connectivity index is 2.32. The first kappa shape index (κ1) is 11.3. The Morgan fingerprint density at radius 1 is 1.86 bits per heavy atom. The normalized spacial score (nSPS) is 24.0. The molecule has 0 bridgehead atoms. The highest BCUT2D eigenvalue weighted by atomic mass is 32.2. The van der Waals surface area contributed by atoms with Gasteiger partial charge in [-0.25, -0.2) is 0 Å². The number of thioether (sulfide) groups is 1. The zero-order chi connectivity index (χ0) is 10.7. The van der Waals surface area contributed by atoms with Gasteiger partial charge in [0.25, 0.3) is 0 Å². The lowest BCUT2D eigenvalue weighted by Crippen LogP contribution is -2.34. The van der Waals surface area contributed by atoms with Crippen molar-refractivity contribution in [3.8, 4) is 0 Å². The molecule has 1 fully saturated rings. The molecule has 1 amide bonds. The third-order valence-corrected chi connectivity index (χ3v) is 3.56.